The van der Waals surface area contributed by atoms with Crippen LogP contribution in [0.3, 0.4) is 0 Å². The Labute approximate surface area is 114 Å². The molecule has 0 saturated heterocycles. The number of nitro benzene ring substituents is 1. The van der Waals surface area contributed by atoms with E-state index in [1.165, 1.54) is 6.07 Å². The molecule has 2 aromatic rings. The highest BCUT2D eigenvalue weighted by atomic mass is 16.6. The highest BCUT2D eigenvalue weighted by Gasteiger charge is 2.29. The van der Waals surface area contributed by atoms with E-state index >= 15 is 0 Å². The minimum absolute atomic E-state index is 0.0454. The summed E-state index contributed by atoms with van der Waals surface area (Å²) in [7, 11) is 0. The van der Waals surface area contributed by atoms with Crippen molar-refractivity contribution in [2.45, 2.75) is 32.2 Å². The number of nitro groups is 1. The molecule has 0 aliphatic carbocycles. The number of fused-ring (bicyclic) bond motifs is 3. The number of hydrogen-bond acceptors (Lipinski definition) is 4. The highest BCUT2D eigenvalue weighted by molar-refractivity contribution is 5.81. The summed E-state index contributed by atoms with van der Waals surface area (Å²) in [4.78, 5) is 25.8. The van der Waals surface area contributed by atoms with Crippen molar-refractivity contribution in [2.24, 2.45) is 0 Å². The normalized spacial score (nSPS) is 17.4. The number of aromatic nitrogens is 2. The first-order chi connectivity index (χ1) is 9.47. The molecule has 1 aliphatic rings. The fourth-order valence-electron chi connectivity index (χ4n) is 2.84. The van der Waals surface area contributed by atoms with Gasteiger partial charge in [-0.25, -0.2) is 4.98 Å². The zero-order valence-electron chi connectivity index (χ0n) is 10.9. The third-order valence-corrected chi connectivity index (χ3v) is 3.78. The maximum Gasteiger partial charge on any atom is 0.304 e. The molecule has 1 atom stereocenters. The van der Waals surface area contributed by atoms with E-state index in [1.807, 2.05) is 4.57 Å². The third kappa shape index (κ3) is 1.82. The Morgan fingerprint density at radius 2 is 2.35 bits per heavy atom. The smallest absolute Gasteiger partial charge is 0.304 e. The first-order valence-corrected chi connectivity index (χ1v) is 6.34. The van der Waals surface area contributed by atoms with Gasteiger partial charge in [0.2, 0.25) is 0 Å². The van der Waals surface area contributed by atoms with Crippen LogP contribution in [-0.4, -0.2) is 25.6 Å². The summed E-state index contributed by atoms with van der Waals surface area (Å²) in [6, 6.07) is 3.22. The summed E-state index contributed by atoms with van der Waals surface area (Å²) in [5.74, 6) is -0.237. The lowest BCUT2D eigenvalue weighted by atomic mass is 10.0. The van der Waals surface area contributed by atoms with E-state index in [9.17, 15) is 14.9 Å². The number of carboxylic acids is 1. The van der Waals surface area contributed by atoms with E-state index in [1.54, 1.807) is 13.0 Å². The Hall–Kier alpha value is -2.44. The molecule has 1 aliphatic heterocycles. The van der Waals surface area contributed by atoms with Gasteiger partial charge in [0.25, 0.3) is 5.69 Å². The fourth-order valence-corrected chi connectivity index (χ4v) is 2.84. The van der Waals surface area contributed by atoms with Crippen LogP contribution in [0.15, 0.2) is 12.1 Å². The van der Waals surface area contributed by atoms with E-state index in [2.05, 4.69) is 4.98 Å². The summed E-state index contributed by atoms with van der Waals surface area (Å²) in [6.07, 6.45) is 0.797. The van der Waals surface area contributed by atoms with Crippen molar-refractivity contribution in [3.05, 3.63) is 33.6 Å². The quantitative estimate of drug-likeness (QED) is 0.684. The molecule has 3 rings (SSSR count). The molecular formula is C13H13N3O4. The Balaban J connectivity index is 2.13. The molecule has 2 heterocycles. The maximum atomic E-state index is 10.9. The van der Waals surface area contributed by atoms with Crippen LogP contribution >= 0.6 is 0 Å². The van der Waals surface area contributed by atoms with Crippen LogP contribution in [-0.2, 0) is 11.3 Å². The fraction of sp³-hybridized carbons (Fsp3) is 0.385. The van der Waals surface area contributed by atoms with E-state index in [0.717, 1.165) is 17.8 Å². The third-order valence-electron chi connectivity index (χ3n) is 3.78. The Kier molecular flexibility index (Phi) is 2.70. The average Bonchev–Trinajstić information content (AvgIpc) is 2.88. The topological polar surface area (TPSA) is 98.3 Å². The molecule has 7 nitrogen and oxygen atoms in total. The molecule has 0 saturated carbocycles. The lowest BCUT2D eigenvalue weighted by molar-refractivity contribution is -0.385. The number of aryl methyl sites for hydroxylation is 2. The summed E-state index contributed by atoms with van der Waals surface area (Å²) in [5.41, 5.74) is 2.04. The summed E-state index contributed by atoms with van der Waals surface area (Å²) in [6.45, 7) is 2.41. The molecule has 7 heteroatoms. The van der Waals surface area contributed by atoms with Crippen molar-refractivity contribution < 1.29 is 14.8 Å². The number of aliphatic carboxylic acids is 1. The number of nitrogens with zero attached hydrogens (tertiary/aromatic N) is 3. The predicted molar refractivity (Wildman–Crippen MR) is 70.7 cm³/mol. The van der Waals surface area contributed by atoms with Crippen LogP contribution < -0.4 is 0 Å². The van der Waals surface area contributed by atoms with Crippen LogP contribution in [0.4, 0.5) is 5.69 Å². The minimum atomic E-state index is -0.849. The zero-order valence-corrected chi connectivity index (χ0v) is 10.9. The molecule has 0 radical (unpaired) electrons. The van der Waals surface area contributed by atoms with Gasteiger partial charge in [0.1, 0.15) is 5.82 Å². The van der Waals surface area contributed by atoms with E-state index in [4.69, 9.17) is 5.11 Å². The molecule has 1 N–H and O–H groups in total. The molecule has 1 unspecified atom stereocenters. The highest BCUT2D eigenvalue weighted by Crippen LogP contribution is 2.35. The van der Waals surface area contributed by atoms with Crippen LogP contribution in [0.2, 0.25) is 0 Å². The van der Waals surface area contributed by atoms with Gasteiger partial charge < -0.3 is 9.67 Å². The Bertz CT molecular complexity index is 735. The lowest BCUT2D eigenvalue weighted by Gasteiger charge is -2.02. The monoisotopic (exact) mass is 275 g/mol. The number of hydrogen-bond donors (Lipinski definition) is 1. The Morgan fingerprint density at radius 3 is 3.00 bits per heavy atom. The van der Waals surface area contributed by atoms with Gasteiger partial charge in [-0.2, -0.15) is 0 Å². The second-order valence-electron chi connectivity index (χ2n) is 5.09. The lowest BCUT2D eigenvalue weighted by Crippen LogP contribution is -2.04. The standard InChI is InChI=1S/C13H13N3O4/c1-7-4-11-9(6-10(7)16(19)20)14-13-8(5-12(17)18)2-3-15(11)13/h4,6,8H,2-3,5H2,1H3,(H,17,18). The minimum Gasteiger partial charge on any atom is -0.481 e. The number of rotatable bonds is 3. The SMILES string of the molecule is Cc1cc2c(cc1[N+](=O)[O-])nc1n2CCC1CC(=O)O. The van der Waals surface area contributed by atoms with Crippen molar-refractivity contribution >= 4 is 22.7 Å². The van der Waals surface area contributed by atoms with Gasteiger partial charge >= 0.3 is 5.97 Å². The Morgan fingerprint density at radius 1 is 1.60 bits per heavy atom. The van der Waals surface area contributed by atoms with Crippen LogP contribution in [0.25, 0.3) is 11.0 Å². The van der Waals surface area contributed by atoms with Gasteiger partial charge in [-0.3, -0.25) is 14.9 Å². The van der Waals surface area contributed by atoms with Gasteiger partial charge in [0, 0.05) is 24.1 Å². The van der Waals surface area contributed by atoms with E-state index in [0.29, 0.717) is 17.6 Å². The number of imidazole rings is 1. The first-order valence-electron chi connectivity index (χ1n) is 6.34. The molecule has 1 aromatic carbocycles. The van der Waals surface area contributed by atoms with Crippen molar-refractivity contribution in [1.82, 2.24) is 9.55 Å². The molecule has 0 fully saturated rings. The molecule has 104 valence electrons. The van der Waals surface area contributed by atoms with E-state index < -0.39 is 10.9 Å². The summed E-state index contributed by atoms with van der Waals surface area (Å²) in [5, 5.41) is 19.9. The summed E-state index contributed by atoms with van der Waals surface area (Å²) >= 11 is 0. The van der Waals surface area contributed by atoms with Gasteiger partial charge in [-0.05, 0) is 19.4 Å². The number of carbonyl (C=O) groups is 1. The van der Waals surface area contributed by atoms with Crippen molar-refractivity contribution in [3.8, 4) is 0 Å². The van der Waals surface area contributed by atoms with Crippen molar-refractivity contribution in [3.63, 3.8) is 0 Å². The summed E-state index contributed by atoms with van der Waals surface area (Å²) < 4.78 is 1.97. The van der Waals surface area contributed by atoms with Gasteiger partial charge in [-0.15, -0.1) is 0 Å². The van der Waals surface area contributed by atoms with Crippen LogP contribution in [0.5, 0.6) is 0 Å². The van der Waals surface area contributed by atoms with Crippen molar-refractivity contribution in [2.75, 3.05) is 0 Å². The number of benzene rings is 1. The van der Waals surface area contributed by atoms with Crippen LogP contribution in [0, 0.1) is 17.0 Å². The van der Waals surface area contributed by atoms with Gasteiger partial charge in [-0.1, -0.05) is 0 Å². The molecule has 0 spiro atoms. The molecule has 20 heavy (non-hydrogen) atoms. The van der Waals surface area contributed by atoms with Gasteiger partial charge in [0.05, 0.1) is 22.4 Å². The molecular weight excluding hydrogens is 262 g/mol. The first kappa shape index (κ1) is 12.6. The molecule has 1 aromatic heterocycles. The molecule has 0 amide bonds. The number of carboxylic acid groups (broad SMARTS) is 1. The maximum absolute atomic E-state index is 10.9. The zero-order chi connectivity index (χ0) is 14.4. The second kappa shape index (κ2) is 4.29. The second-order valence-corrected chi connectivity index (χ2v) is 5.09. The average molecular weight is 275 g/mol. The largest absolute Gasteiger partial charge is 0.481 e. The van der Waals surface area contributed by atoms with Gasteiger partial charge in [0.15, 0.2) is 0 Å². The van der Waals surface area contributed by atoms with Crippen LogP contribution in [0.1, 0.15) is 30.1 Å². The van der Waals surface area contributed by atoms with Crippen molar-refractivity contribution in [1.29, 1.82) is 0 Å². The predicted octanol–water partition coefficient (Wildman–Crippen LogP) is 2.21. The van der Waals surface area contributed by atoms with E-state index in [-0.39, 0.29) is 18.0 Å². The molecule has 0 bridgehead atoms.